The molecule has 1 saturated heterocycles. The van der Waals surface area contributed by atoms with Gasteiger partial charge in [0.2, 0.25) is 5.91 Å². The zero-order valence-electron chi connectivity index (χ0n) is 11.0. The third kappa shape index (κ3) is 3.34. The van der Waals surface area contributed by atoms with Crippen molar-refractivity contribution in [2.75, 3.05) is 26.2 Å². The second-order valence-corrected chi connectivity index (χ2v) is 6.20. The topological polar surface area (TPSA) is 110 Å². The SMILES string of the molecule is N[C@H](C(=O)N1CCN(S(N)(=O)=O)CC1)c1ccccc1. The Bertz CT molecular complexity index is 568. The van der Waals surface area contributed by atoms with Crippen LogP contribution in [0.4, 0.5) is 0 Å². The Labute approximate surface area is 118 Å². The number of carbonyl (C=O) groups excluding carboxylic acids is 1. The predicted octanol–water partition coefficient (Wildman–Crippen LogP) is -0.966. The molecule has 0 radical (unpaired) electrons. The van der Waals surface area contributed by atoms with Gasteiger partial charge in [0.05, 0.1) is 0 Å². The summed E-state index contributed by atoms with van der Waals surface area (Å²) in [4.78, 5) is 13.8. The van der Waals surface area contributed by atoms with Crippen molar-refractivity contribution in [3.05, 3.63) is 35.9 Å². The molecule has 1 aromatic carbocycles. The summed E-state index contributed by atoms with van der Waals surface area (Å²) < 4.78 is 23.5. The molecule has 0 aliphatic carbocycles. The third-order valence-corrected chi connectivity index (χ3v) is 4.42. The van der Waals surface area contributed by atoms with Gasteiger partial charge in [-0.25, -0.2) is 5.14 Å². The second kappa shape index (κ2) is 5.88. The quantitative estimate of drug-likeness (QED) is 0.748. The van der Waals surface area contributed by atoms with E-state index in [1.54, 1.807) is 17.0 Å². The van der Waals surface area contributed by atoms with E-state index in [0.717, 1.165) is 9.87 Å². The molecule has 0 aromatic heterocycles. The van der Waals surface area contributed by atoms with Crippen LogP contribution in [0.5, 0.6) is 0 Å². The molecule has 1 aliphatic heterocycles. The molecule has 0 saturated carbocycles. The van der Waals surface area contributed by atoms with Gasteiger partial charge < -0.3 is 10.6 Å². The maximum atomic E-state index is 12.3. The lowest BCUT2D eigenvalue weighted by atomic mass is 10.1. The standard InChI is InChI=1S/C12H18N4O3S/c13-11(10-4-2-1-3-5-10)12(17)15-6-8-16(9-7-15)20(14,18)19/h1-5,11H,6-9,13H2,(H2,14,18,19)/t11-/m0/s1. The molecule has 20 heavy (non-hydrogen) atoms. The van der Waals surface area contributed by atoms with Crippen molar-refractivity contribution in [3.63, 3.8) is 0 Å². The number of rotatable bonds is 3. The van der Waals surface area contributed by atoms with Gasteiger partial charge in [0.15, 0.2) is 0 Å². The first-order valence-electron chi connectivity index (χ1n) is 6.27. The third-order valence-electron chi connectivity index (χ3n) is 3.33. The molecule has 8 heteroatoms. The van der Waals surface area contributed by atoms with E-state index >= 15 is 0 Å². The van der Waals surface area contributed by atoms with Crippen molar-refractivity contribution in [1.82, 2.24) is 9.21 Å². The van der Waals surface area contributed by atoms with Crippen LogP contribution in [0.2, 0.25) is 0 Å². The molecule has 1 heterocycles. The van der Waals surface area contributed by atoms with E-state index < -0.39 is 16.3 Å². The van der Waals surface area contributed by atoms with E-state index in [4.69, 9.17) is 10.9 Å². The number of piperazine rings is 1. The number of hydrogen-bond donors (Lipinski definition) is 2. The highest BCUT2D eigenvalue weighted by molar-refractivity contribution is 7.86. The van der Waals surface area contributed by atoms with Crippen LogP contribution < -0.4 is 10.9 Å². The lowest BCUT2D eigenvalue weighted by Gasteiger charge is -2.34. The minimum atomic E-state index is -3.68. The Kier molecular flexibility index (Phi) is 4.39. The van der Waals surface area contributed by atoms with Crippen molar-refractivity contribution >= 4 is 16.1 Å². The van der Waals surface area contributed by atoms with Crippen LogP contribution in [-0.4, -0.2) is 49.7 Å². The van der Waals surface area contributed by atoms with Crippen LogP contribution in [0, 0.1) is 0 Å². The largest absolute Gasteiger partial charge is 0.338 e. The Morgan fingerprint density at radius 2 is 1.65 bits per heavy atom. The van der Waals surface area contributed by atoms with E-state index in [-0.39, 0.29) is 19.0 Å². The van der Waals surface area contributed by atoms with Crippen molar-refractivity contribution < 1.29 is 13.2 Å². The molecule has 1 aromatic rings. The van der Waals surface area contributed by atoms with Crippen LogP contribution in [0.15, 0.2) is 30.3 Å². The van der Waals surface area contributed by atoms with Crippen LogP contribution in [0.3, 0.4) is 0 Å². The maximum absolute atomic E-state index is 12.3. The molecule has 1 amide bonds. The molecule has 1 aliphatic rings. The number of amides is 1. The molecule has 110 valence electrons. The summed E-state index contributed by atoms with van der Waals surface area (Å²) in [5.41, 5.74) is 6.68. The van der Waals surface area contributed by atoms with Crippen LogP contribution >= 0.6 is 0 Å². The van der Waals surface area contributed by atoms with Gasteiger partial charge in [-0.1, -0.05) is 30.3 Å². The Morgan fingerprint density at radius 3 is 2.15 bits per heavy atom. The number of nitrogens with zero attached hydrogens (tertiary/aromatic N) is 2. The first-order valence-corrected chi connectivity index (χ1v) is 7.77. The first kappa shape index (κ1) is 14.9. The van der Waals surface area contributed by atoms with Gasteiger partial charge in [0, 0.05) is 26.2 Å². The van der Waals surface area contributed by atoms with E-state index in [2.05, 4.69) is 0 Å². The highest BCUT2D eigenvalue weighted by Gasteiger charge is 2.29. The fourth-order valence-corrected chi connectivity index (χ4v) is 2.83. The molecule has 0 bridgehead atoms. The zero-order chi connectivity index (χ0) is 14.8. The van der Waals surface area contributed by atoms with Crippen LogP contribution in [-0.2, 0) is 15.0 Å². The smallest absolute Gasteiger partial charge is 0.277 e. The van der Waals surface area contributed by atoms with E-state index in [0.29, 0.717) is 13.1 Å². The Morgan fingerprint density at radius 1 is 1.10 bits per heavy atom. The normalized spacial score (nSPS) is 18.8. The Hall–Kier alpha value is -1.48. The van der Waals surface area contributed by atoms with E-state index in [1.807, 2.05) is 18.2 Å². The fraction of sp³-hybridized carbons (Fsp3) is 0.417. The van der Waals surface area contributed by atoms with Gasteiger partial charge in [-0.05, 0) is 5.56 Å². The highest BCUT2D eigenvalue weighted by atomic mass is 32.2. The molecular formula is C12H18N4O3S. The summed E-state index contributed by atoms with van der Waals surface area (Å²) in [5, 5.41) is 5.05. The average molecular weight is 298 g/mol. The van der Waals surface area contributed by atoms with Gasteiger partial charge in [0.1, 0.15) is 6.04 Å². The van der Waals surface area contributed by atoms with Gasteiger partial charge in [-0.2, -0.15) is 12.7 Å². The monoisotopic (exact) mass is 298 g/mol. The highest BCUT2D eigenvalue weighted by Crippen LogP contribution is 2.14. The van der Waals surface area contributed by atoms with Crippen LogP contribution in [0.25, 0.3) is 0 Å². The molecule has 4 N–H and O–H groups in total. The maximum Gasteiger partial charge on any atom is 0.277 e. The molecule has 0 spiro atoms. The first-order chi connectivity index (χ1) is 9.39. The second-order valence-electron chi connectivity index (χ2n) is 4.66. The summed E-state index contributed by atoms with van der Waals surface area (Å²) in [6.07, 6.45) is 0. The molecule has 0 unspecified atom stereocenters. The zero-order valence-corrected chi connectivity index (χ0v) is 11.8. The summed E-state index contributed by atoms with van der Waals surface area (Å²) in [7, 11) is -3.68. The van der Waals surface area contributed by atoms with Crippen molar-refractivity contribution in [3.8, 4) is 0 Å². The molecular weight excluding hydrogens is 280 g/mol. The summed E-state index contributed by atoms with van der Waals surface area (Å²) >= 11 is 0. The van der Waals surface area contributed by atoms with Gasteiger partial charge in [-0.15, -0.1) is 0 Å². The predicted molar refractivity (Wildman–Crippen MR) is 74.6 cm³/mol. The average Bonchev–Trinajstić information content (AvgIpc) is 2.46. The molecule has 1 atom stereocenters. The molecule has 1 fully saturated rings. The van der Waals surface area contributed by atoms with Crippen molar-refractivity contribution in [2.24, 2.45) is 10.9 Å². The van der Waals surface area contributed by atoms with Crippen molar-refractivity contribution in [1.29, 1.82) is 0 Å². The molecule has 2 rings (SSSR count). The van der Waals surface area contributed by atoms with E-state index in [1.165, 1.54) is 0 Å². The minimum absolute atomic E-state index is 0.200. The summed E-state index contributed by atoms with van der Waals surface area (Å²) in [6.45, 7) is 1.00. The number of hydrogen-bond acceptors (Lipinski definition) is 4. The van der Waals surface area contributed by atoms with Gasteiger partial charge >= 0.3 is 0 Å². The van der Waals surface area contributed by atoms with Gasteiger partial charge in [-0.3, -0.25) is 4.79 Å². The number of carbonyl (C=O) groups is 1. The number of benzene rings is 1. The lowest BCUT2D eigenvalue weighted by molar-refractivity contribution is -0.133. The van der Waals surface area contributed by atoms with E-state index in [9.17, 15) is 13.2 Å². The lowest BCUT2D eigenvalue weighted by Crippen LogP contribution is -2.53. The number of nitrogens with two attached hydrogens (primary N) is 2. The minimum Gasteiger partial charge on any atom is -0.338 e. The van der Waals surface area contributed by atoms with Crippen molar-refractivity contribution in [2.45, 2.75) is 6.04 Å². The summed E-state index contributed by atoms with van der Waals surface area (Å²) in [6, 6.07) is 8.36. The Balaban J connectivity index is 1.99. The molecule has 7 nitrogen and oxygen atoms in total. The fourth-order valence-electron chi connectivity index (χ4n) is 2.16. The summed E-state index contributed by atoms with van der Waals surface area (Å²) in [5.74, 6) is -0.203. The van der Waals surface area contributed by atoms with Crippen LogP contribution in [0.1, 0.15) is 11.6 Å². The van der Waals surface area contributed by atoms with Gasteiger partial charge in [0.25, 0.3) is 10.2 Å².